The SMILES string of the molecule is Nc1cc2c(cc1Sc1ccc(Cl)c(Cl)c1)NC(=O)C2. The van der Waals surface area contributed by atoms with Crippen molar-refractivity contribution < 1.29 is 4.79 Å². The molecule has 1 aliphatic rings. The number of anilines is 2. The maximum Gasteiger partial charge on any atom is 0.228 e. The number of fused-ring (bicyclic) bond motifs is 1. The van der Waals surface area contributed by atoms with Crippen molar-refractivity contribution in [3.8, 4) is 0 Å². The molecular weight excluding hydrogens is 315 g/mol. The Labute approximate surface area is 130 Å². The van der Waals surface area contributed by atoms with Crippen molar-refractivity contribution in [3.63, 3.8) is 0 Å². The van der Waals surface area contributed by atoms with Crippen LogP contribution in [0.25, 0.3) is 0 Å². The molecule has 3 N–H and O–H groups in total. The summed E-state index contributed by atoms with van der Waals surface area (Å²) in [6.07, 6.45) is 0.386. The molecule has 0 bridgehead atoms. The van der Waals surface area contributed by atoms with Crippen molar-refractivity contribution in [2.24, 2.45) is 0 Å². The van der Waals surface area contributed by atoms with Crippen LogP contribution in [-0.4, -0.2) is 5.91 Å². The predicted molar refractivity (Wildman–Crippen MR) is 83.8 cm³/mol. The minimum Gasteiger partial charge on any atom is -0.398 e. The van der Waals surface area contributed by atoms with Crippen LogP contribution in [0.5, 0.6) is 0 Å². The van der Waals surface area contributed by atoms with E-state index >= 15 is 0 Å². The summed E-state index contributed by atoms with van der Waals surface area (Å²) >= 11 is 13.4. The van der Waals surface area contributed by atoms with Crippen LogP contribution in [0.1, 0.15) is 5.56 Å². The largest absolute Gasteiger partial charge is 0.398 e. The van der Waals surface area contributed by atoms with Crippen LogP contribution in [0.2, 0.25) is 10.0 Å². The van der Waals surface area contributed by atoms with Crippen LogP contribution in [0.4, 0.5) is 11.4 Å². The summed E-state index contributed by atoms with van der Waals surface area (Å²) in [5.74, 6) is -0.00362. The van der Waals surface area contributed by atoms with Crippen LogP contribution in [-0.2, 0) is 11.2 Å². The van der Waals surface area contributed by atoms with E-state index in [0.29, 0.717) is 22.2 Å². The normalized spacial score (nSPS) is 13.2. The highest BCUT2D eigenvalue weighted by Crippen LogP contribution is 2.39. The minimum absolute atomic E-state index is 0.00362. The molecule has 0 saturated carbocycles. The fraction of sp³-hybridized carbons (Fsp3) is 0.0714. The quantitative estimate of drug-likeness (QED) is 0.813. The first-order valence-electron chi connectivity index (χ1n) is 5.88. The van der Waals surface area contributed by atoms with Crippen molar-refractivity contribution in [3.05, 3.63) is 45.9 Å². The monoisotopic (exact) mass is 324 g/mol. The molecule has 3 rings (SSSR count). The molecule has 0 saturated heterocycles. The Morgan fingerprint density at radius 3 is 2.70 bits per heavy atom. The Hall–Kier alpha value is -1.36. The van der Waals surface area contributed by atoms with Gasteiger partial charge in [0, 0.05) is 21.2 Å². The molecule has 1 heterocycles. The van der Waals surface area contributed by atoms with Gasteiger partial charge in [0.15, 0.2) is 0 Å². The van der Waals surface area contributed by atoms with E-state index in [-0.39, 0.29) is 5.91 Å². The van der Waals surface area contributed by atoms with Gasteiger partial charge in [-0.2, -0.15) is 0 Å². The number of nitrogen functional groups attached to an aromatic ring is 1. The lowest BCUT2D eigenvalue weighted by atomic mass is 10.1. The lowest BCUT2D eigenvalue weighted by Crippen LogP contribution is -2.03. The summed E-state index contributed by atoms with van der Waals surface area (Å²) in [5, 5.41) is 3.84. The second-order valence-corrected chi connectivity index (χ2v) is 6.38. The topological polar surface area (TPSA) is 55.1 Å². The summed E-state index contributed by atoms with van der Waals surface area (Å²) in [6.45, 7) is 0. The van der Waals surface area contributed by atoms with E-state index < -0.39 is 0 Å². The Kier molecular flexibility index (Phi) is 3.54. The molecule has 0 aliphatic carbocycles. The van der Waals surface area contributed by atoms with Gasteiger partial charge in [0.1, 0.15) is 0 Å². The maximum atomic E-state index is 11.4. The van der Waals surface area contributed by atoms with Gasteiger partial charge in [-0.05, 0) is 35.9 Å². The van der Waals surface area contributed by atoms with E-state index in [2.05, 4.69) is 5.32 Å². The Balaban J connectivity index is 1.93. The molecule has 1 amide bonds. The summed E-state index contributed by atoms with van der Waals surface area (Å²) < 4.78 is 0. The number of hydrogen-bond acceptors (Lipinski definition) is 3. The molecule has 102 valence electrons. The molecule has 20 heavy (non-hydrogen) atoms. The Bertz CT molecular complexity index is 719. The number of amides is 1. The average molecular weight is 325 g/mol. The van der Waals surface area contributed by atoms with Gasteiger partial charge in [-0.3, -0.25) is 4.79 Å². The highest BCUT2D eigenvalue weighted by atomic mass is 35.5. The standard InChI is InChI=1S/C14H10Cl2N2OS/c15-9-2-1-8(5-10(9)16)20-13-6-12-7(3-11(13)17)4-14(19)18-12/h1-3,5-6H,4,17H2,(H,18,19). The molecule has 0 radical (unpaired) electrons. The van der Waals surface area contributed by atoms with Gasteiger partial charge < -0.3 is 11.1 Å². The van der Waals surface area contributed by atoms with E-state index in [1.165, 1.54) is 11.8 Å². The van der Waals surface area contributed by atoms with Crippen molar-refractivity contribution in [2.75, 3.05) is 11.1 Å². The molecule has 0 fully saturated rings. The third kappa shape index (κ3) is 2.59. The van der Waals surface area contributed by atoms with Crippen molar-refractivity contribution in [1.29, 1.82) is 0 Å². The van der Waals surface area contributed by atoms with Gasteiger partial charge in [-0.15, -0.1) is 0 Å². The second-order valence-electron chi connectivity index (χ2n) is 4.45. The third-order valence-electron chi connectivity index (χ3n) is 2.98. The second kappa shape index (κ2) is 5.20. The Morgan fingerprint density at radius 1 is 1.15 bits per heavy atom. The van der Waals surface area contributed by atoms with E-state index in [4.69, 9.17) is 28.9 Å². The van der Waals surface area contributed by atoms with Crippen LogP contribution in [0, 0.1) is 0 Å². The summed E-state index contributed by atoms with van der Waals surface area (Å²) in [4.78, 5) is 13.2. The first kappa shape index (κ1) is 13.6. The van der Waals surface area contributed by atoms with E-state index in [9.17, 15) is 4.79 Å². The van der Waals surface area contributed by atoms with E-state index in [1.54, 1.807) is 12.1 Å². The molecule has 0 atom stereocenters. The first-order chi connectivity index (χ1) is 9.52. The number of rotatable bonds is 2. The van der Waals surface area contributed by atoms with Crippen molar-refractivity contribution in [2.45, 2.75) is 16.2 Å². The number of nitrogens with two attached hydrogens (primary N) is 1. The lowest BCUT2D eigenvalue weighted by Gasteiger charge is -2.09. The fourth-order valence-electron chi connectivity index (χ4n) is 2.03. The molecule has 0 aromatic heterocycles. The third-order valence-corrected chi connectivity index (χ3v) is 4.78. The smallest absolute Gasteiger partial charge is 0.228 e. The van der Waals surface area contributed by atoms with Crippen LogP contribution in [0.15, 0.2) is 40.1 Å². The maximum absolute atomic E-state index is 11.4. The lowest BCUT2D eigenvalue weighted by molar-refractivity contribution is -0.115. The molecule has 0 unspecified atom stereocenters. The molecule has 3 nitrogen and oxygen atoms in total. The average Bonchev–Trinajstić information content (AvgIpc) is 2.73. The van der Waals surface area contributed by atoms with E-state index in [0.717, 1.165) is 21.0 Å². The zero-order chi connectivity index (χ0) is 14.3. The number of hydrogen-bond donors (Lipinski definition) is 2. The van der Waals surface area contributed by atoms with Crippen LogP contribution in [0.3, 0.4) is 0 Å². The minimum atomic E-state index is -0.00362. The van der Waals surface area contributed by atoms with Gasteiger partial charge in [0.05, 0.1) is 16.5 Å². The molecule has 0 spiro atoms. The number of nitrogens with one attached hydrogen (secondary N) is 1. The zero-order valence-corrected chi connectivity index (χ0v) is 12.6. The number of carbonyl (C=O) groups is 1. The fourth-order valence-corrected chi connectivity index (χ4v) is 3.31. The van der Waals surface area contributed by atoms with Crippen molar-refractivity contribution in [1.82, 2.24) is 0 Å². The van der Waals surface area contributed by atoms with Gasteiger partial charge in [0.25, 0.3) is 0 Å². The van der Waals surface area contributed by atoms with Gasteiger partial charge in [-0.25, -0.2) is 0 Å². The van der Waals surface area contributed by atoms with E-state index in [1.807, 2.05) is 18.2 Å². The molecule has 6 heteroatoms. The number of carbonyl (C=O) groups excluding carboxylic acids is 1. The molecule has 2 aromatic carbocycles. The predicted octanol–water partition coefficient (Wildman–Crippen LogP) is 4.22. The summed E-state index contributed by atoms with van der Waals surface area (Å²) in [5.41, 5.74) is 8.45. The van der Waals surface area contributed by atoms with Crippen molar-refractivity contribution >= 4 is 52.2 Å². The molecule has 1 aliphatic heterocycles. The Morgan fingerprint density at radius 2 is 1.95 bits per heavy atom. The van der Waals surface area contributed by atoms with Gasteiger partial charge in [0.2, 0.25) is 5.91 Å². The van der Waals surface area contributed by atoms with Gasteiger partial charge >= 0.3 is 0 Å². The zero-order valence-electron chi connectivity index (χ0n) is 10.2. The highest BCUT2D eigenvalue weighted by Gasteiger charge is 2.19. The summed E-state index contributed by atoms with van der Waals surface area (Å²) in [6, 6.07) is 9.15. The first-order valence-corrected chi connectivity index (χ1v) is 7.45. The van der Waals surface area contributed by atoms with Crippen LogP contribution >= 0.6 is 35.0 Å². The molecular formula is C14H10Cl2N2OS. The van der Waals surface area contributed by atoms with Gasteiger partial charge in [-0.1, -0.05) is 35.0 Å². The number of halogens is 2. The molecule has 2 aromatic rings. The van der Waals surface area contributed by atoms with Crippen LogP contribution < -0.4 is 11.1 Å². The highest BCUT2D eigenvalue weighted by molar-refractivity contribution is 7.99. The summed E-state index contributed by atoms with van der Waals surface area (Å²) in [7, 11) is 0. The number of benzene rings is 2.